The zero-order chi connectivity index (χ0) is 14.9. The third-order valence-electron chi connectivity index (χ3n) is 4.95. The van der Waals surface area contributed by atoms with E-state index < -0.39 is 0 Å². The molecular formula is C17H26N2O. The van der Waals surface area contributed by atoms with Crippen molar-refractivity contribution in [2.75, 3.05) is 18.8 Å². The minimum absolute atomic E-state index is 0.132. The van der Waals surface area contributed by atoms with Gasteiger partial charge < -0.3 is 10.6 Å². The van der Waals surface area contributed by atoms with Gasteiger partial charge in [0.2, 0.25) is 0 Å². The number of likely N-dealkylation sites (tertiary alicyclic amines) is 1. The first-order chi connectivity index (χ1) is 9.36. The van der Waals surface area contributed by atoms with Crippen molar-refractivity contribution < 1.29 is 4.79 Å². The maximum atomic E-state index is 12.7. The van der Waals surface area contributed by atoms with Crippen LogP contribution in [0.4, 0.5) is 5.69 Å². The molecule has 110 valence electrons. The van der Waals surface area contributed by atoms with Crippen molar-refractivity contribution in [3.63, 3.8) is 0 Å². The highest BCUT2D eigenvalue weighted by Gasteiger charge is 2.31. The second-order valence-electron chi connectivity index (χ2n) is 6.48. The van der Waals surface area contributed by atoms with Gasteiger partial charge in [0.25, 0.3) is 5.91 Å². The van der Waals surface area contributed by atoms with Gasteiger partial charge in [-0.25, -0.2) is 0 Å². The Balaban J connectivity index is 2.15. The van der Waals surface area contributed by atoms with Crippen molar-refractivity contribution in [2.24, 2.45) is 5.41 Å². The zero-order valence-electron chi connectivity index (χ0n) is 13.1. The second kappa shape index (κ2) is 5.47. The first-order valence-corrected chi connectivity index (χ1v) is 7.52. The van der Waals surface area contributed by atoms with Crippen LogP contribution in [0.25, 0.3) is 0 Å². The van der Waals surface area contributed by atoms with E-state index in [1.807, 2.05) is 30.9 Å². The summed E-state index contributed by atoms with van der Waals surface area (Å²) in [7, 11) is 0. The van der Waals surface area contributed by atoms with E-state index in [1.54, 1.807) is 0 Å². The highest BCUT2D eigenvalue weighted by molar-refractivity contribution is 5.96. The quantitative estimate of drug-likeness (QED) is 0.838. The number of anilines is 1. The summed E-state index contributed by atoms with van der Waals surface area (Å²) in [6.45, 7) is 10.2. The first kappa shape index (κ1) is 14.9. The molecule has 1 aromatic rings. The van der Waals surface area contributed by atoms with Gasteiger partial charge in [0, 0.05) is 24.3 Å². The lowest BCUT2D eigenvalue weighted by atomic mass is 9.78. The molecule has 0 atom stereocenters. The Labute approximate surface area is 122 Å². The number of nitrogen functional groups attached to an aromatic ring is 1. The maximum absolute atomic E-state index is 12.7. The van der Waals surface area contributed by atoms with E-state index in [-0.39, 0.29) is 5.91 Å². The highest BCUT2D eigenvalue weighted by Crippen LogP contribution is 2.34. The monoisotopic (exact) mass is 274 g/mol. The van der Waals surface area contributed by atoms with Crippen molar-refractivity contribution >= 4 is 11.6 Å². The lowest BCUT2D eigenvalue weighted by Gasteiger charge is -2.39. The molecule has 2 N–H and O–H groups in total. The van der Waals surface area contributed by atoms with E-state index in [9.17, 15) is 4.79 Å². The number of benzene rings is 1. The molecule has 0 unspecified atom stereocenters. The fourth-order valence-electron chi connectivity index (χ4n) is 2.87. The average molecular weight is 274 g/mol. The summed E-state index contributed by atoms with van der Waals surface area (Å²) < 4.78 is 0. The van der Waals surface area contributed by atoms with E-state index in [4.69, 9.17) is 5.73 Å². The molecule has 0 bridgehead atoms. The van der Waals surface area contributed by atoms with Crippen molar-refractivity contribution in [1.82, 2.24) is 4.90 Å². The normalized spacial score (nSPS) is 18.1. The number of carbonyl (C=O) groups is 1. The largest absolute Gasteiger partial charge is 0.398 e. The van der Waals surface area contributed by atoms with E-state index in [2.05, 4.69) is 13.8 Å². The number of rotatable bonds is 2. The van der Waals surface area contributed by atoms with E-state index >= 15 is 0 Å². The Kier molecular flexibility index (Phi) is 4.07. The minimum Gasteiger partial charge on any atom is -0.398 e. The zero-order valence-corrected chi connectivity index (χ0v) is 13.1. The van der Waals surface area contributed by atoms with Crippen molar-refractivity contribution in [3.05, 3.63) is 28.8 Å². The number of aryl methyl sites for hydroxylation is 2. The number of hydrogen-bond donors (Lipinski definition) is 1. The van der Waals surface area contributed by atoms with Gasteiger partial charge in [-0.15, -0.1) is 0 Å². The molecule has 1 aliphatic heterocycles. The molecule has 20 heavy (non-hydrogen) atoms. The first-order valence-electron chi connectivity index (χ1n) is 7.52. The molecule has 0 radical (unpaired) electrons. The Morgan fingerprint density at radius 2 is 1.85 bits per heavy atom. The molecule has 1 aliphatic rings. The van der Waals surface area contributed by atoms with E-state index in [1.165, 1.54) is 6.42 Å². The lowest BCUT2D eigenvalue weighted by molar-refractivity contribution is 0.0599. The molecule has 1 saturated heterocycles. The van der Waals surface area contributed by atoms with Gasteiger partial charge in [0.1, 0.15) is 0 Å². The fraction of sp³-hybridized carbons (Fsp3) is 0.588. The summed E-state index contributed by atoms with van der Waals surface area (Å²) in [5, 5.41) is 0. The molecule has 0 aliphatic carbocycles. The lowest BCUT2D eigenvalue weighted by Crippen LogP contribution is -2.42. The van der Waals surface area contributed by atoms with Gasteiger partial charge in [-0.3, -0.25) is 4.79 Å². The molecule has 1 fully saturated rings. The molecule has 0 spiro atoms. The maximum Gasteiger partial charge on any atom is 0.254 e. The van der Waals surface area contributed by atoms with Crippen LogP contribution in [0.1, 0.15) is 54.6 Å². The number of amides is 1. The third kappa shape index (κ3) is 2.82. The number of piperidine rings is 1. The van der Waals surface area contributed by atoms with Crippen LogP contribution in [0.2, 0.25) is 0 Å². The molecular weight excluding hydrogens is 248 g/mol. The minimum atomic E-state index is 0.132. The highest BCUT2D eigenvalue weighted by atomic mass is 16.2. The number of hydrogen-bond acceptors (Lipinski definition) is 2. The van der Waals surface area contributed by atoms with Crippen LogP contribution >= 0.6 is 0 Å². The van der Waals surface area contributed by atoms with Crippen LogP contribution in [0.5, 0.6) is 0 Å². The van der Waals surface area contributed by atoms with Gasteiger partial charge in [0.05, 0.1) is 0 Å². The number of carbonyl (C=O) groups excluding carboxylic acids is 1. The molecule has 0 aromatic heterocycles. The van der Waals surface area contributed by atoms with Crippen molar-refractivity contribution in [3.8, 4) is 0 Å². The number of nitrogens with zero attached hydrogens (tertiary/aromatic N) is 1. The molecule has 1 heterocycles. The smallest absolute Gasteiger partial charge is 0.254 e. The molecule has 3 heteroatoms. The summed E-state index contributed by atoms with van der Waals surface area (Å²) in [6, 6.07) is 3.84. The second-order valence-corrected chi connectivity index (χ2v) is 6.48. The molecule has 3 nitrogen and oxygen atoms in total. The van der Waals surface area contributed by atoms with Crippen molar-refractivity contribution in [1.29, 1.82) is 0 Å². The standard InChI is InChI=1S/C17H26N2O/c1-5-17(4)6-8-19(9-7-17)16(20)14-11-15(18)13(3)10-12(14)2/h10-11H,5-9,18H2,1-4H3. The van der Waals surface area contributed by atoms with Gasteiger partial charge in [0.15, 0.2) is 0 Å². The Bertz CT molecular complexity index is 514. The van der Waals surface area contributed by atoms with Crippen LogP contribution in [-0.4, -0.2) is 23.9 Å². The Hall–Kier alpha value is -1.51. The summed E-state index contributed by atoms with van der Waals surface area (Å²) >= 11 is 0. The van der Waals surface area contributed by atoms with Crippen LogP contribution < -0.4 is 5.73 Å². The van der Waals surface area contributed by atoms with Crippen LogP contribution in [0, 0.1) is 19.3 Å². The fourth-order valence-corrected chi connectivity index (χ4v) is 2.87. The molecule has 1 amide bonds. The Morgan fingerprint density at radius 3 is 2.40 bits per heavy atom. The predicted octanol–water partition coefficient (Wildman–Crippen LogP) is 3.54. The molecule has 0 saturated carbocycles. The van der Waals surface area contributed by atoms with Crippen LogP contribution in [0.15, 0.2) is 12.1 Å². The average Bonchev–Trinajstić information content (AvgIpc) is 2.43. The predicted molar refractivity (Wildman–Crippen MR) is 83.9 cm³/mol. The summed E-state index contributed by atoms with van der Waals surface area (Å²) in [4.78, 5) is 14.6. The Morgan fingerprint density at radius 1 is 1.25 bits per heavy atom. The van der Waals surface area contributed by atoms with Crippen LogP contribution in [0.3, 0.4) is 0 Å². The summed E-state index contributed by atoms with van der Waals surface area (Å²) in [5.74, 6) is 0.132. The van der Waals surface area contributed by atoms with E-state index in [0.29, 0.717) is 11.1 Å². The summed E-state index contributed by atoms with van der Waals surface area (Å²) in [5.41, 5.74) is 9.87. The molecule has 2 rings (SSSR count). The topological polar surface area (TPSA) is 46.3 Å². The third-order valence-corrected chi connectivity index (χ3v) is 4.95. The molecule has 1 aromatic carbocycles. The van der Waals surface area contributed by atoms with E-state index in [0.717, 1.165) is 42.6 Å². The van der Waals surface area contributed by atoms with Crippen LogP contribution in [-0.2, 0) is 0 Å². The SMILES string of the molecule is CCC1(C)CCN(C(=O)c2cc(N)c(C)cc2C)CC1. The van der Waals surface area contributed by atoms with Gasteiger partial charge in [-0.2, -0.15) is 0 Å². The van der Waals surface area contributed by atoms with Gasteiger partial charge in [-0.1, -0.05) is 26.3 Å². The summed E-state index contributed by atoms with van der Waals surface area (Å²) in [6.07, 6.45) is 3.37. The number of nitrogens with two attached hydrogens (primary N) is 1. The van der Waals surface area contributed by atoms with Gasteiger partial charge >= 0.3 is 0 Å². The van der Waals surface area contributed by atoms with Gasteiger partial charge in [-0.05, 0) is 49.3 Å². The van der Waals surface area contributed by atoms with Crippen molar-refractivity contribution in [2.45, 2.75) is 47.0 Å².